The molecule has 0 amide bonds. The molecular formula is C13H22O. The van der Waals surface area contributed by atoms with Crippen molar-refractivity contribution in [1.82, 2.24) is 0 Å². The lowest BCUT2D eigenvalue weighted by Gasteiger charge is -2.07. The van der Waals surface area contributed by atoms with E-state index in [1.54, 1.807) is 6.26 Å². The maximum absolute atomic E-state index is 5.37. The quantitative estimate of drug-likeness (QED) is 0.571. The maximum atomic E-state index is 5.37. The molecule has 0 saturated carbocycles. The molecule has 80 valence electrons. The van der Waals surface area contributed by atoms with Gasteiger partial charge in [0.15, 0.2) is 0 Å². The summed E-state index contributed by atoms with van der Waals surface area (Å²) in [7, 11) is 0. The van der Waals surface area contributed by atoms with E-state index in [9.17, 15) is 0 Å². The lowest BCUT2D eigenvalue weighted by Crippen LogP contribution is -1.91. The SMILES string of the molecule is CCCCCCCC(C)c1ccco1. The largest absolute Gasteiger partial charge is 0.469 e. The average Bonchev–Trinajstić information content (AvgIpc) is 2.70. The summed E-state index contributed by atoms with van der Waals surface area (Å²) in [6.45, 7) is 4.50. The topological polar surface area (TPSA) is 13.1 Å². The Hall–Kier alpha value is -0.720. The van der Waals surface area contributed by atoms with E-state index >= 15 is 0 Å². The first-order valence-electron chi connectivity index (χ1n) is 5.88. The summed E-state index contributed by atoms with van der Waals surface area (Å²) in [4.78, 5) is 0. The van der Waals surface area contributed by atoms with E-state index in [0.717, 1.165) is 5.76 Å². The fourth-order valence-electron chi connectivity index (χ4n) is 1.77. The first kappa shape index (κ1) is 11.4. The molecular weight excluding hydrogens is 172 g/mol. The number of rotatable bonds is 7. The van der Waals surface area contributed by atoms with Crippen molar-refractivity contribution in [3.05, 3.63) is 24.2 Å². The van der Waals surface area contributed by atoms with Gasteiger partial charge in [0, 0.05) is 5.92 Å². The average molecular weight is 194 g/mol. The lowest BCUT2D eigenvalue weighted by atomic mass is 10.00. The highest BCUT2D eigenvalue weighted by atomic mass is 16.3. The summed E-state index contributed by atoms with van der Waals surface area (Å²) in [6.07, 6.45) is 9.84. The minimum Gasteiger partial charge on any atom is -0.469 e. The van der Waals surface area contributed by atoms with Crippen molar-refractivity contribution >= 4 is 0 Å². The standard InChI is InChI=1S/C13H22O/c1-3-4-5-6-7-9-12(2)13-10-8-11-14-13/h8,10-12H,3-7,9H2,1-2H3. The van der Waals surface area contributed by atoms with Crippen LogP contribution in [0, 0.1) is 0 Å². The van der Waals surface area contributed by atoms with Gasteiger partial charge in [-0.25, -0.2) is 0 Å². The zero-order valence-electron chi connectivity index (χ0n) is 9.46. The van der Waals surface area contributed by atoms with Crippen LogP contribution in [0.5, 0.6) is 0 Å². The van der Waals surface area contributed by atoms with Gasteiger partial charge in [-0.2, -0.15) is 0 Å². The minimum atomic E-state index is 0.589. The second-order valence-corrected chi connectivity index (χ2v) is 4.12. The van der Waals surface area contributed by atoms with Gasteiger partial charge in [-0.3, -0.25) is 0 Å². The van der Waals surface area contributed by atoms with Gasteiger partial charge >= 0.3 is 0 Å². The lowest BCUT2D eigenvalue weighted by molar-refractivity contribution is 0.448. The van der Waals surface area contributed by atoms with Crippen molar-refractivity contribution in [2.24, 2.45) is 0 Å². The van der Waals surface area contributed by atoms with Crippen molar-refractivity contribution in [3.63, 3.8) is 0 Å². The van der Waals surface area contributed by atoms with Crippen LogP contribution in [0.3, 0.4) is 0 Å². The van der Waals surface area contributed by atoms with E-state index in [0.29, 0.717) is 5.92 Å². The summed E-state index contributed by atoms with van der Waals surface area (Å²) >= 11 is 0. The van der Waals surface area contributed by atoms with Crippen molar-refractivity contribution in [1.29, 1.82) is 0 Å². The van der Waals surface area contributed by atoms with E-state index in [-0.39, 0.29) is 0 Å². The summed E-state index contributed by atoms with van der Waals surface area (Å²) in [5.74, 6) is 1.73. The van der Waals surface area contributed by atoms with E-state index < -0.39 is 0 Å². The molecule has 1 nitrogen and oxygen atoms in total. The van der Waals surface area contributed by atoms with Crippen LogP contribution in [0.15, 0.2) is 22.8 Å². The van der Waals surface area contributed by atoms with Gasteiger partial charge in [0.1, 0.15) is 5.76 Å². The van der Waals surface area contributed by atoms with Crippen molar-refractivity contribution < 1.29 is 4.42 Å². The molecule has 0 aliphatic carbocycles. The van der Waals surface area contributed by atoms with Gasteiger partial charge in [0.2, 0.25) is 0 Å². The summed E-state index contributed by atoms with van der Waals surface area (Å²) in [5.41, 5.74) is 0. The minimum absolute atomic E-state index is 0.589. The van der Waals surface area contributed by atoms with Gasteiger partial charge in [-0.05, 0) is 18.6 Å². The smallest absolute Gasteiger partial charge is 0.106 e. The third-order valence-corrected chi connectivity index (χ3v) is 2.77. The zero-order chi connectivity index (χ0) is 10.2. The normalized spacial score (nSPS) is 13.0. The van der Waals surface area contributed by atoms with E-state index in [1.807, 2.05) is 6.07 Å². The van der Waals surface area contributed by atoms with Crippen LogP contribution in [-0.2, 0) is 0 Å². The molecule has 1 unspecified atom stereocenters. The molecule has 1 heteroatoms. The Labute approximate surface area is 87.5 Å². The first-order chi connectivity index (χ1) is 6.84. The molecule has 1 heterocycles. The van der Waals surface area contributed by atoms with Crippen molar-refractivity contribution in [2.75, 3.05) is 0 Å². The van der Waals surface area contributed by atoms with E-state index in [1.165, 1.54) is 38.5 Å². The molecule has 0 saturated heterocycles. The first-order valence-corrected chi connectivity index (χ1v) is 5.88. The predicted molar refractivity (Wildman–Crippen MR) is 60.5 cm³/mol. The molecule has 0 aliphatic heterocycles. The Morgan fingerprint density at radius 3 is 2.64 bits per heavy atom. The third kappa shape index (κ3) is 3.99. The Balaban J connectivity index is 2.07. The Morgan fingerprint density at radius 2 is 2.00 bits per heavy atom. The molecule has 0 aliphatic rings. The van der Waals surface area contributed by atoms with Crippen LogP contribution in [0.1, 0.15) is 64.1 Å². The molecule has 0 fully saturated rings. The molecule has 0 bridgehead atoms. The van der Waals surface area contributed by atoms with Gasteiger partial charge in [0.05, 0.1) is 6.26 Å². The van der Waals surface area contributed by atoms with Gasteiger partial charge in [0.25, 0.3) is 0 Å². The highest BCUT2D eigenvalue weighted by Crippen LogP contribution is 2.22. The molecule has 14 heavy (non-hydrogen) atoms. The second-order valence-electron chi connectivity index (χ2n) is 4.12. The highest BCUT2D eigenvalue weighted by Gasteiger charge is 2.06. The van der Waals surface area contributed by atoms with Crippen LogP contribution in [0.4, 0.5) is 0 Å². The Kier molecular flexibility index (Phi) is 5.43. The predicted octanol–water partition coefficient (Wildman–Crippen LogP) is 4.74. The molecule has 0 aromatic carbocycles. The summed E-state index contributed by atoms with van der Waals surface area (Å²) in [6, 6.07) is 4.06. The summed E-state index contributed by atoms with van der Waals surface area (Å²) in [5, 5.41) is 0. The van der Waals surface area contributed by atoms with Crippen LogP contribution >= 0.6 is 0 Å². The Bertz CT molecular complexity index is 213. The molecule has 1 atom stereocenters. The highest BCUT2D eigenvalue weighted by molar-refractivity contribution is 5.03. The van der Waals surface area contributed by atoms with Crippen molar-refractivity contribution in [2.45, 2.75) is 58.3 Å². The maximum Gasteiger partial charge on any atom is 0.106 e. The third-order valence-electron chi connectivity index (χ3n) is 2.77. The van der Waals surface area contributed by atoms with Crippen LogP contribution < -0.4 is 0 Å². The number of unbranched alkanes of at least 4 members (excludes halogenated alkanes) is 4. The van der Waals surface area contributed by atoms with Gasteiger partial charge < -0.3 is 4.42 Å². The zero-order valence-corrected chi connectivity index (χ0v) is 9.46. The molecule has 0 radical (unpaired) electrons. The Morgan fingerprint density at radius 1 is 1.21 bits per heavy atom. The summed E-state index contributed by atoms with van der Waals surface area (Å²) < 4.78 is 5.37. The second kappa shape index (κ2) is 6.69. The van der Waals surface area contributed by atoms with Crippen LogP contribution in [-0.4, -0.2) is 0 Å². The van der Waals surface area contributed by atoms with E-state index in [2.05, 4.69) is 19.9 Å². The molecule has 0 spiro atoms. The fraction of sp³-hybridized carbons (Fsp3) is 0.692. The van der Waals surface area contributed by atoms with Crippen LogP contribution in [0.2, 0.25) is 0 Å². The monoisotopic (exact) mass is 194 g/mol. The molecule has 1 rings (SSSR count). The van der Waals surface area contributed by atoms with Crippen LogP contribution in [0.25, 0.3) is 0 Å². The molecule has 1 aromatic rings. The number of furan rings is 1. The fourth-order valence-corrected chi connectivity index (χ4v) is 1.77. The molecule has 1 aromatic heterocycles. The van der Waals surface area contributed by atoms with Crippen molar-refractivity contribution in [3.8, 4) is 0 Å². The number of hydrogen-bond donors (Lipinski definition) is 0. The number of hydrogen-bond acceptors (Lipinski definition) is 1. The van der Waals surface area contributed by atoms with Gasteiger partial charge in [-0.1, -0.05) is 46.0 Å². The van der Waals surface area contributed by atoms with Gasteiger partial charge in [-0.15, -0.1) is 0 Å². The molecule has 0 N–H and O–H groups in total. The van der Waals surface area contributed by atoms with E-state index in [4.69, 9.17) is 4.42 Å².